The molecule has 0 bridgehead atoms. The number of benzene rings is 2. The fourth-order valence-electron chi connectivity index (χ4n) is 3.99. The van der Waals surface area contributed by atoms with Gasteiger partial charge in [-0.3, -0.25) is 9.59 Å². The van der Waals surface area contributed by atoms with E-state index in [2.05, 4.69) is 15.3 Å². The molecule has 1 aliphatic heterocycles. The number of nitrogens with one attached hydrogen (secondary N) is 2. The number of para-hydroxylation sites is 1. The van der Waals surface area contributed by atoms with Gasteiger partial charge in [0.1, 0.15) is 5.82 Å². The molecule has 2 aromatic carbocycles. The molecule has 0 radical (unpaired) electrons. The van der Waals surface area contributed by atoms with E-state index in [0.717, 1.165) is 35.1 Å². The van der Waals surface area contributed by atoms with Gasteiger partial charge in [0.15, 0.2) is 4.77 Å². The smallest absolute Gasteiger partial charge is 0.310 e. The largest absolute Gasteiger partial charge is 0.466 e. The van der Waals surface area contributed by atoms with Gasteiger partial charge in [-0.2, -0.15) is 0 Å². The van der Waals surface area contributed by atoms with E-state index >= 15 is 0 Å². The van der Waals surface area contributed by atoms with Crippen LogP contribution in [0.15, 0.2) is 48.5 Å². The first kappa shape index (κ1) is 22.0. The van der Waals surface area contributed by atoms with Crippen LogP contribution >= 0.6 is 12.2 Å². The summed E-state index contributed by atoms with van der Waals surface area (Å²) in [6.07, 6.45) is 1.57. The predicted molar refractivity (Wildman–Crippen MR) is 126 cm³/mol. The molecule has 3 aromatic rings. The number of likely N-dealkylation sites (tertiary alicyclic amines) is 1. The molecule has 1 unspecified atom stereocenters. The van der Waals surface area contributed by atoms with E-state index in [1.54, 1.807) is 11.8 Å². The van der Waals surface area contributed by atoms with Crippen molar-refractivity contribution in [3.05, 3.63) is 64.4 Å². The summed E-state index contributed by atoms with van der Waals surface area (Å²) < 4.78 is 5.56. The number of fused-ring (bicyclic) bond motifs is 1. The third kappa shape index (κ3) is 4.96. The molecule has 2 heterocycles. The number of carbonyl (C=O) groups is 2. The zero-order valence-electron chi connectivity index (χ0n) is 18.0. The van der Waals surface area contributed by atoms with Gasteiger partial charge in [-0.15, -0.1) is 0 Å². The van der Waals surface area contributed by atoms with Crippen molar-refractivity contribution < 1.29 is 14.3 Å². The van der Waals surface area contributed by atoms with Gasteiger partial charge in [0, 0.05) is 30.6 Å². The third-order valence-corrected chi connectivity index (χ3v) is 5.82. The second-order valence-corrected chi connectivity index (χ2v) is 8.22. The number of esters is 1. The Bertz CT molecular complexity index is 1180. The SMILES string of the molecule is CCOC(=O)C1CCCN(C(=O)c2ccc(CNc3nc(=S)[nH]c4ccccc34)cc2)C1. The monoisotopic (exact) mass is 450 g/mol. The molecule has 32 heavy (non-hydrogen) atoms. The Balaban J connectivity index is 1.41. The van der Waals surface area contributed by atoms with Gasteiger partial charge in [0.05, 0.1) is 18.0 Å². The minimum atomic E-state index is -0.240. The molecule has 1 fully saturated rings. The fraction of sp³-hybridized carbons (Fsp3) is 0.333. The first-order valence-corrected chi connectivity index (χ1v) is 11.2. The summed E-state index contributed by atoms with van der Waals surface area (Å²) in [6.45, 7) is 3.78. The van der Waals surface area contributed by atoms with Crippen LogP contribution in [0.1, 0.15) is 35.7 Å². The molecular weight excluding hydrogens is 424 g/mol. The number of hydrogen-bond donors (Lipinski definition) is 2. The zero-order chi connectivity index (χ0) is 22.5. The maximum absolute atomic E-state index is 12.9. The molecule has 8 heteroatoms. The number of ether oxygens (including phenoxy) is 1. The second-order valence-electron chi connectivity index (χ2n) is 7.83. The van der Waals surface area contributed by atoms with Crippen molar-refractivity contribution >= 4 is 40.8 Å². The van der Waals surface area contributed by atoms with Crippen molar-refractivity contribution in [1.29, 1.82) is 0 Å². The van der Waals surface area contributed by atoms with Crippen LogP contribution < -0.4 is 5.32 Å². The molecule has 1 saturated heterocycles. The van der Waals surface area contributed by atoms with Crippen LogP contribution in [0.4, 0.5) is 5.82 Å². The van der Waals surface area contributed by atoms with Gasteiger partial charge in [0.25, 0.3) is 5.91 Å². The summed E-state index contributed by atoms with van der Waals surface area (Å²) in [5.74, 6) is 0.215. The van der Waals surface area contributed by atoms with Gasteiger partial charge in [-0.05, 0) is 61.8 Å². The highest BCUT2D eigenvalue weighted by molar-refractivity contribution is 7.71. The minimum absolute atomic E-state index is 0.0551. The molecule has 2 N–H and O–H groups in total. The summed E-state index contributed by atoms with van der Waals surface area (Å²) in [6, 6.07) is 15.4. The number of aromatic amines is 1. The Morgan fingerprint density at radius 3 is 2.78 bits per heavy atom. The maximum Gasteiger partial charge on any atom is 0.310 e. The lowest BCUT2D eigenvalue weighted by atomic mass is 9.97. The van der Waals surface area contributed by atoms with E-state index in [9.17, 15) is 9.59 Å². The van der Waals surface area contributed by atoms with Crippen LogP contribution in [-0.4, -0.2) is 46.4 Å². The lowest BCUT2D eigenvalue weighted by Gasteiger charge is -2.31. The molecule has 0 spiro atoms. The molecule has 0 saturated carbocycles. The lowest BCUT2D eigenvalue weighted by molar-refractivity contribution is -0.149. The van der Waals surface area contributed by atoms with Crippen LogP contribution in [0.5, 0.6) is 0 Å². The van der Waals surface area contributed by atoms with Gasteiger partial charge < -0.3 is 19.9 Å². The molecular formula is C24H26N4O3S. The van der Waals surface area contributed by atoms with Crippen molar-refractivity contribution in [2.45, 2.75) is 26.3 Å². The Kier molecular flexibility index (Phi) is 6.80. The number of hydrogen-bond acceptors (Lipinski definition) is 6. The standard InChI is InChI=1S/C24H26N4O3S/c1-2-31-23(30)18-6-5-13-28(15-18)22(29)17-11-9-16(10-12-17)14-25-21-19-7-3-4-8-20(19)26-24(32)27-21/h3-4,7-12,18H,2,5-6,13-15H2,1H3,(H2,25,26,27,32). The Hall–Kier alpha value is -3.26. The van der Waals surface area contributed by atoms with E-state index in [-0.39, 0.29) is 17.8 Å². The summed E-state index contributed by atoms with van der Waals surface area (Å²) in [7, 11) is 0. The molecule has 1 aliphatic rings. The number of nitrogens with zero attached hydrogens (tertiary/aromatic N) is 2. The maximum atomic E-state index is 12.9. The minimum Gasteiger partial charge on any atom is -0.466 e. The van der Waals surface area contributed by atoms with Gasteiger partial charge in [-0.1, -0.05) is 24.3 Å². The average molecular weight is 451 g/mol. The summed E-state index contributed by atoms with van der Waals surface area (Å²) in [4.78, 5) is 34.2. The van der Waals surface area contributed by atoms with Crippen LogP contribution in [0, 0.1) is 10.7 Å². The number of H-pyrrole nitrogens is 1. The molecule has 1 amide bonds. The number of piperidine rings is 1. The summed E-state index contributed by atoms with van der Waals surface area (Å²) in [5, 5.41) is 4.31. The van der Waals surface area contributed by atoms with Crippen molar-refractivity contribution in [3.63, 3.8) is 0 Å². The Morgan fingerprint density at radius 1 is 1.22 bits per heavy atom. The van der Waals surface area contributed by atoms with Gasteiger partial charge in [0.2, 0.25) is 0 Å². The van der Waals surface area contributed by atoms with Crippen molar-refractivity contribution in [1.82, 2.24) is 14.9 Å². The number of rotatable bonds is 6. The molecule has 4 rings (SSSR count). The summed E-state index contributed by atoms with van der Waals surface area (Å²) in [5.41, 5.74) is 2.57. The number of aromatic nitrogens is 2. The Morgan fingerprint density at radius 2 is 2.00 bits per heavy atom. The highest BCUT2D eigenvalue weighted by Gasteiger charge is 2.29. The highest BCUT2D eigenvalue weighted by atomic mass is 32.1. The van der Waals surface area contributed by atoms with Crippen LogP contribution in [0.25, 0.3) is 10.9 Å². The number of anilines is 1. The van der Waals surface area contributed by atoms with Gasteiger partial charge in [-0.25, -0.2) is 4.98 Å². The molecule has 0 aliphatic carbocycles. The quantitative estimate of drug-likeness (QED) is 0.430. The first-order valence-electron chi connectivity index (χ1n) is 10.8. The molecule has 166 valence electrons. The normalized spacial score (nSPS) is 16.0. The number of amides is 1. The first-order chi connectivity index (χ1) is 15.5. The second kappa shape index (κ2) is 9.91. The third-order valence-electron chi connectivity index (χ3n) is 5.63. The van der Waals surface area contributed by atoms with Crippen LogP contribution in [0.3, 0.4) is 0 Å². The summed E-state index contributed by atoms with van der Waals surface area (Å²) >= 11 is 5.23. The van der Waals surface area contributed by atoms with Crippen LogP contribution in [-0.2, 0) is 16.1 Å². The molecule has 7 nitrogen and oxygen atoms in total. The van der Waals surface area contributed by atoms with Crippen molar-refractivity contribution in [2.24, 2.45) is 5.92 Å². The molecule has 1 aromatic heterocycles. The number of carbonyl (C=O) groups excluding carboxylic acids is 2. The topological polar surface area (TPSA) is 87.3 Å². The molecule has 1 atom stereocenters. The van der Waals surface area contributed by atoms with Gasteiger partial charge >= 0.3 is 5.97 Å². The van der Waals surface area contributed by atoms with E-state index in [1.165, 1.54) is 0 Å². The van der Waals surface area contributed by atoms with E-state index in [1.807, 2.05) is 48.5 Å². The Labute approximate surface area is 191 Å². The average Bonchev–Trinajstić information content (AvgIpc) is 2.82. The zero-order valence-corrected chi connectivity index (χ0v) is 18.8. The van der Waals surface area contributed by atoms with E-state index in [4.69, 9.17) is 17.0 Å². The predicted octanol–water partition coefficient (Wildman–Crippen LogP) is 4.32. The lowest BCUT2D eigenvalue weighted by Crippen LogP contribution is -2.42. The van der Waals surface area contributed by atoms with Crippen LogP contribution in [0.2, 0.25) is 0 Å². The fourth-order valence-corrected chi connectivity index (χ4v) is 4.19. The van der Waals surface area contributed by atoms with Crippen molar-refractivity contribution in [3.8, 4) is 0 Å². The highest BCUT2D eigenvalue weighted by Crippen LogP contribution is 2.22. The van der Waals surface area contributed by atoms with E-state index < -0.39 is 0 Å². The van der Waals surface area contributed by atoms with Crippen molar-refractivity contribution in [2.75, 3.05) is 25.0 Å². The van der Waals surface area contributed by atoms with E-state index in [0.29, 0.717) is 36.6 Å².